The standard InChI is InChI=1S/C14H20N2O/c1-2-3-9-16-11-13(15-14(16)17)10-12-7-5-4-6-8-12/h4-8,13H,2-3,9-11H2,1H3,(H,15,17)/t13-/m0/s1. The first kappa shape index (κ1) is 12.0. The second-order valence-electron chi connectivity index (χ2n) is 4.64. The molecule has 1 aromatic carbocycles. The molecule has 1 atom stereocenters. The molecule has 0 unspecified atom stereocenters. The van der Waals surface area contributed by atoms with Crippen LogP contribution in [0, 0.1) is 0 Å². The number of carbonyl (C=O) groups excluding carboxylic acids is 1. The molecule has 0 spiro atoms. The molecule has 2 amide bonds. The van der Waals surface area contributed by atoms with Crippen molar-refractivity contribution in [3.05, 3.63) is 35.9 Å². The molecule has 0 bridgehead atoms. The van der Waals surface area contributed by atoms with E-state index in [0.29, 0.717) is 0 Å². The van der Waals surface area contributed by atoms with E-state index in [9.17, 15) is 4.79 Å². The highest BCUT2D eigenvalue weighted by atomic mass is 16.2. The van der Waals surface area contributed by atoms with Gasteiger partial charge in [0.1, 0.15) is 0 Å². The molecular formula is C14H20N2O. The smallest absolute Gasteiger partial charge is 0.317 e. The monoisotopic (exact) mass is 232 g/mol. The molecule has 0 aromatic heterocycles. The van der Waals surface area contributed by atoms with Crippen LogP contribution in [0.4, 0.5) is 4.79 Å². The molecule has 2 rings (SSSR count). The predicted octanol–water partition coefficient (Wildman–Crippen LogP) is 2.42. The van der Waals surface area contributed by atoms with Gasteiger partial charge in [0.15, 0.2) is 0 Å². The van der Waals surface area contributed by atoms with E-state index in [1.54, 1.807) is 0 Å². The third-order valence-corrected chi connectivity index (χ3v) is 3.16. The van der Waals surface area contributed by atoms with Gasteiger partial charge in [-0.2, -0.15) is 0 Å². The Bertz CT molecular complexity index is 364. The molecule has 3 nitrogen and oxygen atoms in total. The Kier molecular flexibility index (Phi) is 4.02. The highest BCUT2D eigenvalue weighted by Gasteiger charge is 2.27. The lowest BCUT2D eigenvalue weighted by atomic mass is 10.1. The van der Waals surface area contributed by atoms with Gasteiger partial charge in [0, 0.05) is 13.1 Å². The zero-order valence-corrected chi connectivity index (χ0v) is 10.4. The van der Waals surface area contributed by atoms with Crippen molar-refractivity contribution in [3.8, 4) is 0 Å². The Hall–Kier alpha value is -1.51. The fourth-order valence-electron chi connectivity index (χ4n) is 2.22. The Morgan fingerprint density at radius 2 is 2.12 bits per heavy atom. The van der Waals surface area contributed by atoms with Crippen LogP contribution in [0.25, 0.3) is 0 Å². The Morgan fingerprint density at radius 3 is 2.82 bits per heavy atom. The largest absolute Gasteiger partial charge is 0.333 e. The van der Waals surface area contributed by atoms with Gasteiger partial charge in [-0.05, 0) is 18.4 Å². The first-order valence-corrected chi connectivity index (χ1v) is 6.39. The van der Waals surface area contributed by atoms with Crippen LogP contribution in [0.2, 0.25) is 0 Å². The van der Waals surface area contributed by atoms with Crippen LogP contribution in [-0.4, -0.2) is 30.1 Å². The molecule has 3 heteroatoms. The van der Waals surface area contributed by atoms with Crippen LogP contribution in [-0.2, 0) is 6.42 Å². The minimum atomic E-state index is 0.0966. The number of benzene rings is 1. The average Bonchev–Trinajstić information content (AvgIpc) is 2.68. The maximum atomic E-state index is 11.7. The van der Waals surface area contributed by atoms with Gasteiger partial charge in [-0.3, -0.25) is 0 Å². The van der Waals surface area contributed by atoms with Gasteiger partial charge in [0.2, 0.25) is 0 Å². The molecule has 0 aliphatic carbocycles. The van der Waals surface area contributed by atoms with Crippen molar-refractivity contribution in [2.24, 2.45) is 0 Å². The van der Waals surface area contributed by atoms with Crippen molar-refractivity contribution in [2.45, 2.75) is 32.2 Å². The van der Waals surface area contributed by atoms with Gasteiger partial charge in [-0.25, -0.2) is 4.79 Å². The quantitative estimate of drug-likeness (QED) is 0.830. The van der Waals surface area contributed by atoms with Gasteiger partial charge in [0.05, 0.1) is 6.04 Å². The summed E-state index contributed by atoms with van der Waals surface area (Å²) in [6, 6.07) is 10.7. The molecule has 0 saturated carbocycles. The fraction of sp³-hybridized carbons (Fsp3) is 0.500. The number of rotatable bonds is 5. The summed E-state index contributed by atoms with van der Waals surface area (Å²) in [7, 11) is 0. The van der Waals surface area contributed by atoms with Gasteiger partial charge in [0.25, 0.3) is 0 Å². The summed E-state index contributed by atoms with van der Waals surface area (Å²) < 4.78 is 0. The van der Waals surface area contributed by atoms with Gasteiger partial charge >= 0.3 is 6.03 Å². The third kappa shape index (κ3) is 3.22. The van der Waals surface area contributed by atoms with Crippen LogP contribution in [0.5, 0.6) is 0 Å². The minimum Gasteiger partial charge on any atom is -0.333 e. The number of nitrogens with zero attached hydrogens (tertiary/aromatic N) is 1. The fourth-order valence-corrected chi connectivity index (χ4v) is 2.22. The summed E-state index contributed by atoms with van der Waals surface area (Å²) in [5, 5.41) is 3.05. The first-order valence-electron chi connectivity index (χ1n) is 6.39. The minimum absolute atomic E-state index is 0.0966. The third-order valence-electron chi connectivity index (χ3n) is 3.16. The highest BCUT2D eigenvalue weighted by molar-refractivity contribution is 5.76. The van der Waals surface area contributed by atoms with E-state index in [4.69, 9.17) is 0 Å². The number of amides is 2. The van der Waals surface area contributed by atoms with Crippen LogP contribution >= 0.6 is 0 Å². The van der Waals surface area contributed by atoms with Crippen molar-refractivity contribution in [1.29, 1.82) is 0 Å². The van der Waals surface area contributed by atoms with Crippen molar-refractivity contribution in [3.63, 3.8) is 0 Å². The topological polar surface area (TPSA) is 32.3 Å². The summed E-state index contributed by atoms with van der Waals surface area (Å²) in [4.78, 5) is 13.6. The first-order chi connectivity index (χ1) is 8.29. The molecule has 1 heterocycles. The number of carbonyl (C=O) groups is 1. The average molecular weight is 232 g/mol. The summed E-state index contributed by atoms with van der Waals surface area (Å²) in [6.45, 7) is 3.87. The molecular weight excluding hydrogens is 212 g/mol. The number of nitrogens with one attached hydrogen (secondary N) is 1. The number of unbranched alkanes of at least 4 members (excludes halogenated alkanes) is 1. The van der Waals surface area contributed by atoms with E-state index in [1.807, 2.05) is 23.1 Å². The van der Waals surface area contributed by atoms with Crippen molar-refractivity contribution in [2.75, 3.05) is 13.1 Å². The molecule has 17 heavy (non-hydrogen) atoms. The summed E-state index contributed by atoms with van der Waals surface area (Å²) in [5.74, 6) is 0. The van der Waals surface area contributed by atoms with E-state index >= 15 is 0 Å². The van der Waals surface area contributed by atoms with Crippen LogP contribution in [0.1, 0.15) is 25.3 Å². The van der Waals surface area contributed by atoms with E-state index in [-0.39, 0.29) is 12.1 Å². The van der Waals surface area contributed by atoms with Crippen molar-refractivity contribution < 1.29 is 4.79 Å². The van der Waals surface area contributed by atoms with Gasteiger partial charge in [-0.1, -0.05) is 43.7 Å². The van der Waals surface area contributed by atoms with Crippen molar-refractivity contribution in [1.82, 2.24) is 10.2 Å². The second-order valence-corrected chi connectivity index (χ2v) is 4.64. The Labute approximate surface area is 103 Å². The maximum absolute atomic E-state index is 11.7. The maximum Gasteiger partial charge on any atom is 0.317 e. The molecule has 1 aromatic rings. The van der Waals surface area contributed by atoms with E-state index in [0.717, 1.165) is 32.4 Å². The van der Waals surface area contributed by atoms with E-state index in [2.05, 4.69) is 24.4 Å². The lowest BCUT2D eigenvalue weighted by molar-refractivity contribution is 0.216. The van der Waals surface area contributed by atoms with Crippen LogP contribution in [0.3, 0.4) is 0 Å². The SMILES string of the molecule is CCCCN1C[C@H](Cc2ccccc2)NC1=O. The van der Waals surface area contributed by atoms with Crippen molar-refractivity contribution >= 4 is 6.03 Å². The van der Waals surface area contributed by atoms with Gasteiger partial charge in [-0.15, -0.1) is 0 Å². The Balaban J connectivity index is 1.86. The molecule has 1 fully saturated rings. The highest BCUT2D eigenvalue weighted by Crippen LogP contribution is 2.11. The number of hydrogen-bond donors (Lipinski definition) is 1. The lowest BCUT2D eigenvalue weighted by Gasteiger charge is -2.13. The van der Waals surface area contributed by atoms with Crippen LogP contribution < -0.4 is 5.32 Å². The molecule has 1 N–H and O–H groups in total. The summed E-state index contributed by atoms with van der Waals surface area (Å²) >= 11 is 0. The molecule has 0 radical (unpaired) electrons. The zero-order chi connectivity index (χ0) is 12.1. The summed E-state index contributed by atoms with van der Waals surface area (Å²) in [5.41, 5.74) is 1.29. The van der Waals surface area contributed by atoms with E-state index in [1.165, 1.54) is 5.56 Å². The molecule has 1 aliphatic heterocycles. The normalized spacial score (nSPS) is 19.5. The summed E-state index contributed by atoms with van der Waals surface area (Å²) in [6.07, 6.45) is 3.15. The molecule has 1 saturated heterocycles. The second kappa shape index (κ2) is 5.71. The van der Waals surface area contributed by atoms with Gasteiger partial charge < -0.3 is 10.2 Å². The van der Waals surface area contributed by atoms with Crippen LogP contribution in [0.15, 0.2) is 30.3 Å². The number of urea groups is 1. The predicted molar refractivity (Wildman–Crippen MR) is 68.9 cm³/mol. The lowest BCUT2D eigenvalue weighted by Crippen LogP contribution is -2.29. The molecule has 92 valence electrons. The van der Waals surface area contributed by atoms with E-state index < -0.39 is 0 Å². The Morgan fingerprint density at radius 1 is 1.35 bits per heavy atom. The molecule has 1 aliphatic rings. The number of hydrogen-bond acceptors (Lipinski definition) is 1. The zero-order valence-electron chi connectivity index (χ0n) is 10.4.